The van der Waals surface area contributed by atoms with Crippen molar-refractivity contribution in [2.24, 2.45) is 5.41 Å². The number of ether oxygens (including phenoxy) is 1. The second-order valence-corrected chi connectivity index (χ2v) is 11.9. The molecule has 0 bridgehead atoms. The molecule has 0 saturated carbocycles. The Morgan fingerprint density at radius 3 is 2.15 bits per heavy atom. The van der Waals surface area contributed by atoms with Crippen molar-refractivity contribution < 1.29 is 14.6 Å². The van der Waals surface area contributed by atoms with Crippen molar-refractivity contribution in [1.82, 2.24) is 0 Å². The summed E-state index contributed by atoms with van der Waals surface area (Å²) in [7, 11) is 0. The summed E-state index contributed by atoms with van der Waals surface area (Å²) in [6.45, 7) is 20.2. The lowest BCUT2D eigenvalue weighted by molar-refractivity contribution is -0.117. The lowest BCUT2D eigenvalue weighted by Crippen LogP contribution is -2.44. The maximum atomic E-state index is 12.9. The van der Waals surface area contributed by atoms with Crippen molar-refractivity contribution >= 4 is 11.6 Å². The Morgan fingerprint density at radius 1 is 1.06 bits per heavy atom. The van der Waals surface area contributed by atoms with Crippen LogP contribution in [0.15, 0.2) is 24.3 Å². The fourth-order valence-electron chi connectivity index (χ4n) is 4.69. The number of hydrogen-bond donors (Lipinski definition) is 2. The summed E-state index contributed by atoms with van der Waals surface area (Å²) in [4.78, 5) is 12.9. The zero-order chi connectivity index (χ0) is 24.9. The molecule has 0 aliphatic carbocycles. The quantitative estimate of drug-likeness (QED) is 0.527. The number of benzene rings is 2. The number of fused-ring (bicyclic) bond motifs is 1. The summed E-state index contributed by atoms with van der Waals surface area (Å²) in [5.41, 5.74) is 4.86. The molecule has 0 saturated heterocycles. The van der Waals surface area contributed by atoms with Gasteiger partial charge in [-0.05, 0) is 68.2 Å². The standard InChI is InChI=1S/C29H41NO3/c1-17(2)21-13-11-20(12-14-21)15-22-18(3)25(30-23(31)16-27(5,6)7)19(4)24-26(22)33-28(8,9)29(24,10)32/h11-14,17,32H,15-16H2,1-10H3,(H,30,31). The fourth-order valence-corrected chi connectivity index (χ4v) is 4.69. The lowest BCUT2D eigenvalue weighted by atomic mass is 9.79. The third-order valence-electron chi connectivity index (χ3n) is 7.08. The highest BCUT2D eigenvalue weighted by Gasteiger charge is 2.52. The molecule has 3 rings (SSSR count). The van der Waals surface area contributed by atoms with Crippen molar-refractivity contribution in [1.29, 1.82) is 0 Å². The van der Waals surface area contributed by atoms with Crippen LogP contribution in [0.4, 0.5) is 5.69 Å². The van der Waals surface area contributed by atoms with Gasteiger partial charge in [-0.3, -0.25) is 4.79 Å². The zero-order valence-corrected chi connectivity index (χ0v) is 22.1. The van der Waals surface area contributed by atoms with Crippen LogP contribution in [0.25, 0.3) is 0 Å². The van der Waals surface area contributed by atoms with E-state index < -0.39 is 11.2 Å². The number of carbonyl (C=O) groups excluding carboxylic acids is 1. The summed E-state index contributed by atoms with van der Waals surface area (Å²) in [5, 5.41) is 14.7. The highest BCUT2D eigenvalue weighted by Crippen LogP contribution is 2.53. The number of aliphatic hydroxyl groups is 1. The predicted molar refractivity (Wildman–Crippen MR) is 136 cm³/mol. The minimum Gasteiger partial charge on any atom is -0.484 e. The smallest absolute Gasteiger partial charge is 0.224 e. The molecule has 180 valence electrons. The monoisotopic (exact) mass is 451 g/mol. The van der Waals surface area contributed by atoms with Gasteiger partial charge in [0.05, 0.1) is 0 Å². The zero-order valence-electron chi connectivity index (χ0n) is 22.1. The average Bonchev–Trinajstić information content (AvgIpc) is 2.85. The van der Waals surface area contributed by atoms with Crippen LogP contribution in [0.3, 0.4) is 0 Å². The van der Waals surface area contributed by atoms with E-state index in [1.54, 1.807) is 0 Å². The van der Waals surface area contributed by atoms with Gasteiger partial charge in [0.25, 0.3) is 0 Å². The Hall–Kier alpha value is -2.33. The van der Waals surface area contributed by atoms with Crippen molar-refractivity contribution in [3.05, 3.63) is 57.6 Å². The van der Waals surface area contributed by atoms with Gasteiger partial charge in [0.15, 0.2) is 0 Å². The first-order valence-corrected chi connectivity index (χ1v) is 12.0. The molecule has 4 heteroatoms. The molecule has 0 spiro atoms. The number of carbonyl (C=O) groups is 1. The number of hydrogen-bond acceptors (Lipinski definition) is 3. The summed E-state index contributed by atoms with van der Waals surface area (Å²) in [5.74, 6) is 1.22. The van der Waals surface area contributed by atoms with E-state index in [1.807, 2.05) is 34.6 Å². The third kappa shape index (κ3) is 4.82. The first-order chi connectivity index (χ1) is 15.0. The molecular formula is C29H41NO3. The summed E-state index contributed by atoms with van der Waals surface area (Å²) >= 11 is 0. The van der Waals surface area contributed by atoms with Crippen LogP contribution < -0.4 is 10.1 Å². The minimum atomic E-state index is -1.18. The van der Waals surface area contributed by atoms with E-state index in [0.717, 1.165) is 33.7 Å². The van der Waals surface area contributed by atoms with Crippen LogP contribution in [0.1, 0.15) is 101 Å². The van der Waals surface area contributed by atoms with Gasteiger partial charge in [0, 0.05) is 29.7 Å². The van der Waals surface area contributed by atoms with Gasteiger partial charge >= 0.3 is 0 Å². The largest absolute Gasteiger partial charge is 0.484 e. The van der Waals surface area contributed by atoms with E-state index >= 15 is 0 Å². The Kier molecular flexibility index (Phi) is 6.49. The first-order valence-electron chi connectivity index (χ1n) is 12.0. The number of rotatable bonds is 5. The van der Waals surface area contributed by atoms with E-state index in [0.29, 0.717) is 18.8 Å². The molecule has 1 aliphatic heterocycles. The van der Waals surface area contributed by atoms with E-state index in [4.69, 9.17) is 4.74 Å². The normalized spacial score (nSPS) is 19.4. The van der Waals surface area contributed by atoms with E-state index in [2.05, 4.69) is 64.2 Å². The SMILES string of the molecule is Cc1c(Cc2ccc(C(C)C)cc2)c2c(c(C)c1NC(=O)CC(C)(C)C)C(C)(O)C(C)(C)O2. The molecule has 1 heterocycles. The molecule has 1 unspecified atom stereocenters. The second kappa shape index (κ2) is 8.47. The molecule has 0 radical (unpaired) electrons. The van der Waals surface area contributed by atoms with Gasteiger partial charge in [0.1, 0.15) is 17.0 Å². The lowest BCUT2D eigenvalue weighted by Gasteiger charge is -2.32. The summed E-state index contributed by atoms with van der Waals surface area (Å²) in [6, 6.07) is 8.68. The van der Waals surface area contributed by atoms with Crippen molar-refractivity contribution in [3.8, 4) is 5.75 Å². The van der Waals surface area contributed by atoms with Gasteiger partial charge in [-0.1, -0.05) is 58.9 Å². The predicted octanol–water partition coefficient (Wildman–Crippen LogP) is 6.77. The van der Waals surface area contributed by atoms with Gasteiger partial charge < -0.3 is 15.2 Å². The number of anilines is 1. The second-order valence-electron chi connectivity index (χ2n) is 11.9. The Balaban J connectivity index is 2.14. The molecule has 0 fully saturated rings. The van der Waals surface area contributed by atoms with Crippen LogP contribution >= 0.6 is 0 Å². The molecule has 0 aromatic heterocycles. The molecule has 2 aromatic rings. The molecule has 33 heavy (non-hydrogen) atoms. The van der Waals surface area contributed by atoms with Crippen LogP contribution in [0.5, 0.6) is 5.75 Å². The third-order valence-corrected chi connectivity index (χ3v) is 7.08. The van der Waals surface area contributed by atoms with Crippen molar-refractivity contribution in [2.45, 2.75) is 99.2 Å². The summed E-state index contributed by atoms with van der Waals surface area (Å²) in [6.07, 6.45) is 1.09. The molecule has 4 nitrogen and oxygen atoms in total. The highest BCUT2D eigenvalue weighted by atomic mass is 16.5. The molecule has 2 N–H and O–H groups in total. The highest BCUT2D eigenvalue weighted by molar-refractivity contribution is 5.94. The fraction of sp³-hybridized carbons (Fsp3) is 0.552. The van der Waals surface area contributed by atoms with Crippen LogP contribution in [-0.2, 0) is 16.8 Å². The topological polar surface area (TPSA) is 58.6 Å². The maximum absolute atomic E-state index is 12.9. The van der Waals surface area contributed by atoms with Crippen molar-refractivity contribution in [3.63, 3.8) is 0 Å². The van der Waals surface area contributed by atoms with Gasteiger partial charge in [-0.25, -0.2) is 0 Å². The van der Waals surface area contributed by atoms with E-state index in [-0.39, 0.29) is 11.3 Å². The van der Waals surface area contributed by atoms with Crippen LogP contribution in [-0.4, -0.2) is 16.6 Å². The maximum Gasteiger partial charge on any atom is 0.224 e. The summed E-state index contributed by atoms with van der Waals surface area (Å²) < 4.78 is 6.41. The van der Waals surface area contributed by atoms with E-state index in [9.17, 15) is 9.90 Å². The van der Waals surface area contributed by atoms with Gasteiger partial charge in [-0.15, -0.1) is 0 Å². The number of nitrogens with one attached hydrogen (secondary N) is 1. The minimum absolute atomic E-state index is 0.0151. The Bertz CT molecular complexity index is 1050. The molecule has 1 aliphatic rings. The Morgan fingerprint density at radius 2 is 1.64 bits per heavy atom. The van der Waals surface area contributed by atoms with Crippen LogP contribution in [0.2, 0.25) is 0 Å². The van der Waals surface area contributed by atoms with E-state index in [1.165, 1.54) is 11.1 Å². The first kappa shape index (κ1) is 25.3. The van der Waals surface area contributed by atoms with Gasteiger partial charge in [0.2, 0.25) is 5.91 Å². The number of amides is 1. The van der Waals surface area contributed by atoms with Crippen LogP contribution in [0, 0.1) is 19.3 Å². The average molecular weight is 452 g/mol. The molecule has 1 amide bonds. The molecule has 2 aromatic carbocycles. The van der Waals surface area contributed by atoms with Gasteiger partial charge in [-0.2, -0.15) is 0 Å². The molecule has 1 atom stereocenters. The Labute approximate surface area is 199 Å². The van der Waals surface area contributed by atoms with Crippen molar-refractivity contribution in [2.75, 3.05) is 5.32 Å². The molecular weight excluding hydrogens is 410 g/mol.